The second-order valence-corrected chi connectivity index (χ2v) is 8.31. The third-order valence-corrected chi connectivity index (χ3v) is 6.20. The van der Waals surface area contributed by atoms with E-state index in [4.69, 9.17) is 0 Å². The SMILES string of the molecule is O=C(c1cccnc1Nc1cccc(C(F)(F)F)c1)N1CCC(c2c[nH]c3ncccc23)CC1. The van der Waals surface area contributed by atoms with Gasteiger partial charge in [-0.05, 0) is 66.8 Å². The number of aromatic amines is 1. The summed E-state index contributed by atoms with van der Waals surface area (Å²) in [4.78, 5) is 26.8. The first-order chi connectivity index (χ1) is 16.4. The highest BCUT2D eigenvalue weighted by Crippen LogP contribution is 2.34. The van der Waals surface area contributed by atoms with Crippen LogP contribution in [0.3, 0.4) is 0 Å². The Labute approximate surface area is 193 Å². The highest BCUT2D eigenvalue weighted by Gasteiger charge is 2.31. The van der Waals surface area contributed by atoms with Crippen LogP contribution in [0.2, 0.25) is 0 Å². The number of aromatic nitrogens is 3. The number of carbonyl (C=O) groups is 1. The van der Waals surface area contributed by atoms with E-state index >= 15 is 0 Å². The summed E-state index contributed by atoms with van der Waals surface area (Å²) >= 11 is 0. The third-order valence-electron chi connectivity index (χ3n) is 6.20. The lowest BCUT2D eigenvalue weighted by Gasteiger charge is -2.32. The fourth-order valence-corrected chi connectivity index (χ4v) is 4.47. The zero-order valence-corrected chi connectivity index (χ0v) is 18.1. The molecule has 0 unspecified atom stereocenters. The molecule has 1 aromatic carbocycles. The maximum atomic E-state index is 13.3. The lowest BCUT2D eigenvalue weighted by Crippen LogP contribution is -2.38. The molecule has 0 spiro atoms. The Hall–Kier alpha value is -3.88. The van der Waals surface area contributed by atoms with Crippen molar-refractivity contribution in [1.29, 1.82) is 0 Å². The fraction of sp³-hybridized carbons (Fsp3) is 0.240. The minimum atomic E-state index is -4.45. The number of likely N-dealkylation sites (tertiary alicyclic amines) is 1. The Morgan fingerprint density at radius 1 is 1.03 bits per heavy atom. The number of alkyl halides is 3. The van der Waals surface area contributed by atoms with Crippen molar-refractivity contribution >= 4 is 28.4 Å². The predicted octanol–water partition coefficient (Wildman–Crippen LogP) is 5.74. The van der Waals surface area contributed by atoms with Crippen LogP contribution in [0, 0.1) is 0 Å². The zero-order chi connectivity index (χ0) is 23.7. The van der Waals surface area contributed by atoms with Gasteiger partial charge < -0.3 is 15.2 Å². The number of nitrogens with zero attached hydrogens (tertiary/aromatic N) is 3. The van der Waals surface area contributed by atoms with Crippen LogP contribution in [-0.4, -0.2) is 38.8 Å². The molecular weight excluding hydrogens is 443 g/mol. The van der Waals surface area contributed by atoms with Gasteiger partial charge in [0.15, 0.2) is 0 Å². The molecule has 4 aromatic rings. The Balaban J connectivity index is 1.31. The number of fused-ring (bicyclic) bond motifs is 1. The van der Waals surface area contributed by atoms with Crippen LogP contribution < -0.4 is 5.32 Å². The van der Waals surface area contributed by atoms with Gasteiger partial charge in [0.2, 0.25) is 0 Å². The Kier molecular flexibility index (Phi) is 5.69. The summed E-state index contributed by atoms with van der Waals surface area (Å²) in [5, 5.41) is 3.99. The van der Waals surface area contributed by atoms with Gasteiger partial charge in [-0.15, -0.1) is 0 Å². The van der Waals surface area contributed by atoms with E-state index in [1.165, 1.54) is 23.9 Å². The van der Waals surface area contributed by atoms with Crippen LogP contribution in [0.1, 0.15) is 40.2 Å². The molecule has 5 rings (SSSR count). The van der Waals surface area contributed by atoms with Gasteiger partial charge in [-0.3, -0.25) is 4.79 Å². The van der Waals surface area contributed by atoms with Crippen molar-refractivity contribution in [1.82, 2.24) is 19.9 Å². The first-order valence-corrected chi connectivity index (χ1v) is 11.0. The first-order valence-electron chi connectivity index (χ1n) is 11.0. The van der Waals surface area contributed by atoms with E-state index in [0.29, 0.717) is 24.6 Å². The number of hydrogen-bond acceptors (Lipinski definition) is 4. The van der Waals surface area contributed by atoms with Crippen LogP contribution in [0.4, 0.5) is 24.7 Å². The van der Waals surface area contributed by atoms with Crippen molar-refractivity contribution in [3.8, 4) is 0 Å². The predicted molar refractivity (Wildman–Crippen MR) is 123 cm³/mol. The van der Waals surface area contributed by atoms with Crippen LogP contribution in [0.15, 0.2) is 67.1 Å². The number of carbonyl (C=O) groups excluding carboxylic acids is 1. The van der Waals surface area contributed by atoms with Gasteiger partial charge in [0.25, 0.3) is 5.91 Å². The average Bonchev–Trinajstić information content (AvgIpc) is 3.28. The molecular formula is C25H22F3N5O. The number of benzene rings is 1. The number of piperidine rings is 1. The lowest BCUT2D eigenvalue weighted by atomic mass is 9.89. The van der Waals surface area contributed by atoms with Crippen molar-refractivity contribution < 1.29 is 18.0 Å². The molecule has 0 aliphatic carbocycles. The molecule has 0 atom stereocenters. The van der Waals surface area contributed by atoms with Crippen LogP contribution >= 0.6 is 0 Å². The Bertz CT molecular complexity index is 1330. The quantitative estimate of drug-likeness (QED) is 0.403. The van der Waals surface area contributed by atoms with E-state index in [1.54, 1.807) is 23.2 Å². The number of rotatable bonds is 4. The average molecular weight is 465 g/mol. The van der Waals surface area contributed by atoms with Gasteiger partial charge >= 0.3 is 6.18 Å². The van der Waals surface area contributed by atoms with Gasteiger partial charge in [0.1, 0.15) is 11.5 Å². The van der Waals surface area contributed by atoms with Crippen molar-refractivity contribution in [2.24, 2.45) is 0 Å². The largest absolute Gasteiger partial charge is 0.416 e. The first kappa shape index (κ1) is 21.9. The molecule has 1 aliphatic rings. The topological polar surface area (TPSA) is 73.9 Å². The van der Waals surface area contributed by atoms with Gasteiger partial charge in [0, 0.05) is 42.8 Å². The molecule has 1 amide bonds. The van der Waals surface area contributed by atoms with E-state index in [1.807, 2.05) is 18.3 Å². The molecule has 2 N–H and O–H groups in total. The normalized spacial score (nSPS) is 15.0. The molecule has 3 aromatic heterocycles. The third kappa shape index (κ3) is 4.33. The number of nitrogens with one attached hydrogen (secondary N) is 2. The Morgan fingerprint density at radius 2 is 1.79 bits per heavy atom. The molecule has 6 nitrogen and oxygen atoms in total. The Morgan fingerprint density at radius 3 is 2.59 bits per heavy atom. The standard InChI is InChI=1S/C25H22F3N5O/c26-25(27,28)17-4-1-5-18(14-17)32-23-20(7-3-11-30-23)24(34)33-12-8-16(9-13-33)21-15-31-22-19(21)6-2-10-29-22/h1-7,10-11,14-16H,8-9,12-13H2,(H,29,31)(H,30,32). The lowest BCUT2D eigenvalue weighted by molar-refractivity contribution is -0.137. The van der Waals surface area contributed by atoms with Crippen molar-refractivity contribution in [2.75, 3.05) is 18.4 Å². The summed E-state index contributed by atoms with van der Waals surface area (Å²) in [5.41, 5.74) is 1.85. The smallest absolute Gasteiger partial charge is 0.346 e. The maximum Gasteiger partial charge on any atom is 0.416 e. The molecule has 34 heavy (non-hydrogen) atoms. The summed E-state index contributed by atoms with van der Waals surface area (Å²) in [6.45, 7) is 1.16. The zero-order valence-electron chi connectivity index (χ0n) is 18.1. The van der Waals surface area contributed by atoms with Crippen molar-refractivity contribution in [2.45, 2.75) is 24.9 Å². The summed E-state index contributed by atoms with van der Waals surface area (Å²) in [5.74, 6) is 0.358. The second-order valence-electron chi connectivity index (χ2n) is 8.31. The maximum absolute atomic E-state index is 13.3. The number of H-pyrrole nitrogens is 1. The molecule has 1 aliphatic heterocycles. The van der Waals surface area contributed by atoms with E-state index in [9.17, 15) is 18.0 Å². The summed E-state index contributed by atoms with van der Waals surface area (Å²) < 4.78 is 39.2. The van der Waals surface area contributed by atoms with Gasteiger partial charge in [-0.1, -0.05) is 6.07 Å². The number of hydrogen-bond donors (Lipinski definition) is 2. The molecule has 9 heteroatoms. The second kappa shape index (κ2) is 8.81. The highest BCUT2D eigenvalue weighted by atomic mass is 19.4. The van der Waals surface area contributed by atoms with Crippen molar-refractivity contribution in [3.63, 3.8) is 0 Å². The molecule has 174 valence electrons. The molecule has 0 saturated carbocycles. The molecule has 4 heterocycles. The minimum absolute atomic E-state index is 0.193. The summed E-state index contributed by atoms with van der Waals surface area (Å²) in [7, 11) is 0. The van der Waals surface area contributed by atoms with E-state index in [2.05, 4.69) is 20.3 Å². The monoisotopic (exact) mass is 465 g/mol. The summed E-state index contributed by atoms with van der Waals surface area (Å²) in [6, 6.07) is 12.1. The van der Waals surface area contributed by atoms with Gasteiger partial charge in [0.05, 0.1) is 11.1 Å². The van der Waals surface area contributed by atoms with Gasteiger partial charge in [-0.25, -0.2) is 9.97 Å². The summed E-state index contributed by atoms with van der Waals surface area (Å²) in [6.07, 6.45) is 2.42. The van der Waals surface area contributed by atoms with Crippen LogP contribution in [-0.2, 0) is 6.18 Å². The van der Waals surface area contributed by atoms with Crippen molar-refractivity contribution in [3.05, 3.63) is 83.8 Å². The van der Waals surface area contributed by atoms with Crippen LogP contribution in [0.25, 0.3) is 11.0 Å². The number of anilines is 2. The number of halogens is 3. The molecule has 1 fully saturated rings. The fourth-order valence-electron chi connectivity index (χ4n) is 4.47. The van der Waals surface area contributed by atoms with Gasteiger partial charge in [-0.2, -0.15) is 13.2 Å². The van der Waals surface area contributed by atoms with E-state index in [0.717, 1.165) is 36.0 Å². The number of pyridine rings is 2. The molecule has 0 bridgehead atoms. The highest BCUT2D eigenvalue weighted by molar-refractivity contribution is 5.99. The molecule has 1 saturated heterocycles. The van der Waals surface area contributed by atoms with E-state index < -0.39 is 11.7 Å². The minimum Gasteiger partial charge on any atom is -0.346 e. The number of amides is 1. The molecule has 0 radical (unpaired) electrons. The van der Waals surface area contributed by atoms with Crippen LogP contribution in [0.5, 0.6) is 0 Å². The van der Waals surface area contributed by atoms with E-state index in [-0.39, 0.29) is 17.4 Å².